The molecule has 1 aliphatic heterocycles. The first kappa shape index (κ1) is 10.9. The average Bonchev–Trinajstić information content (AvgIpc) is 2.04. The summed E-state index contributed by atoms with van der Waals surface area (Å²) < 4.78 is 12.9. The molecule has 2 atom stereocenters. The molecule has 1 heterocycles. The van der Waals surface area contributed by atoms with Crippen molar-refractivity contribution >= 4 is 16.8 Å². The van der Waals surface area contributed by atoms with Crippen LogP contribution in [0.5, 0.6) is 0 Å². The summed E-state index contributed by atoms with van der Waals surface area (Å²) in [5.41, 5.74) is 0. The van der Waals surface area contributed by atoms with E-state index in [-0.39, 0.29) is 12.3 Å². The molecule has 1 saturated heterocycles. The van der Waals surface area contributed by atoms with E-state index in [1.807, 2.05) is 7.05 Å². The van der Waals surface area contributed by atoms with Crippen LogP contribution in [0.2, 0.25) is 0 Å². The Bertz CT molecular complexity index is 188. The molecule has 0 aromatic rings. The fraction of sp³-hybridized carbons (Fsp3) is 0.889. The maximum Gasteiger partial charge on any atom is 0.255 e. The molecule has 2 unspecified atom stereocenters. The molecule has 1 fully saturated rings. The van der Waals surface area contributed by atoms with Gasteiger partial charge in [0.05, 0.1) is 0 Å². The van der Waals surface area contributed by atoms with Gasteiger partial charge < -0.3 is 4.90 Å². The average molecular weight is 208 g/mol. The Balaban J connectivity index is 2.31. The highest BCUT2D eigenvalue weighted by atomic mass is 35.5. The van der Waals surface area contributed by atoms with E-state index in [1.165, 1.54) is 0 Å². The lowest BCUT2D eigenvalue weighted by atomic mass is 9.93. The normalized spacial score (nSPS) is 27.2. The molecular weight excluding hydrogens is 193 g/mol. The van der Waals surface area contributed by atoms with E-state index in [1.54, 1.807) is 0 Å². The lowest BCUT2D eigenvalue weighted by Crippen LogP contribution is -2.33. The van der Waals surface area contributed by atoms with E-state index < -0.39 is 11.4 Å². The third-order valence-corrected chi connectivity index (χ3v) is 2.75. The maximum absolute atomic E-state index is 12.9. The summed E-state index contributed by atoms with van der Waals surface area (Å²) in [7, 11) is 2.02. The summed E-state index contributed by atoms with van der Waals surface area (Å²) in [6.45, 7) is 1.95. The maximum atomic E-state index is 12.9. The number of carbonyl (C=O) groups excluding carboxylic acids is 1. The van der Waals surface area contributed by atoms with Crippen LogP contribution in [0, 0.1) is 5.92 Å². The molecule has 0 amide bonds. The van der Waals surface area contributed by atoms with Gasteiger partial charge in [-0.1, -0.05) is 0 Å². The molecule has 1 aliphatic rings. The summed E-state index contributed by atoms with van der Waals surface area (Å²) >= 11 is 5.06. The van der Waals surface area contributed by atoms with Crippen molar-refractivity contribution in [3.05, 3.63) is 0 Å². The molecule has 0 aliphatic carbocycles. The van der Waals surface area contributed by atoms with Crippen LogP contribution in [0.15, 0.2) is 0 Å². The number of alkyl halides is 1. The topological polar surface area (TPSA) is 20.3 Å². The van der Waals surface area contributed by atoms with Crippen LogP contribution >= 0.6 is 11.6 Å². The standard InChI is InChI=1S/C9H15ClFNO/c1-12-4-2-3-7(6-12)5-8(11)9(10)13/h7-8H,2-6H2,1H3. The number of rotatable bonds is 3. The summed E-state index contributed by atoms with van der Waals surface area (Å²) in [5.74, 6) is 0.288. The number of hydrogen-bond acceptors (Lipinski definition) is 2. The van der Waals surface area contributed by atoms with Crippen molar-refractivity contribution in [1.29, 1.82) is 0 Å². The van der Waals surface area contributed by atoms with E-state index >= 15 is 0 Å². The molecule has 0 aromatic heterocycles. The second-order valence-electron chi connectivity index (χ2n) is 3.78. The van der Waals surface area contributed by atoms with Gasteiger partial charge in [-0.25, -0.2) is 4.39 Å². The Labute approximate surface area is 83.0 Å². The highest BCUT2D eigenvalue weighted by Gasteiger charge is 2.24. The van der Waals surface area contributed by atoms with Gasteiger partial charge >= 0.3 is 0 Å². The van der Waals surface area contributed by atoms with E-state index in [2.05, 4.69) is 4.90 Å². The Morgan fingerprint density at radius 2 is 2.46 bits per heavy atom. The van der Waals surface area contributed by atoms with Crippen LogP contribution < -0.4 is 0 Å². The minimum absolute atomic E-state index is 0.284. The first-order valence-corrected chi connectivity index (χ1v) is 4.99. The zero-order valence-corrected chi connectivity index (χ0v) is 8.56. The molecular formula is C9H15ClFNO. The van der Waals surface area contributed by atoms with Crippen molar-refractivity contribution in [3.8, 4) is 0 Å². The summed E-state index contributed by atoms with van der Waals surface area (Å²) in [5, 5.41) is -0.853. The summed E-state index contributed by atoms with van der Waals surface area (Å²) in [6.07, 6.45) is 0.907. The van der Waals surface area contributed by atoms with Gasteiger partial charge in [0, 0.05) is 6.54 Å². The molecule has 0 bridgehead atoms. The van der Waals surface area contributed by atoms with Crippen molar-refractivity contribution in [2.75, 3.05) is 20.1 Å². The molecule has 0 aromatic carbocycles. The predicted molar refractivity (Wildman–Crippen MR) is 50.6 cm³/mol. The number of piperidine rings is 1. The molecule has 13 heavy (non-hydrogen) atoms. The van der Waals surface area contributed by atoms with Crippen LogP contribution in [0.3, 0.4) is 0 Å². The van der Waals surface area contributed by atoms with Crippen LogP contribution in [0.4, 0.5) is 4.39 Å². The minimum atomic E-state index is -1.47. The second kappa shape index (κ2) is 4.91. The van der Waals surface area contributed by atoms with E-state index in [4.69, 9.17) is 11.6 Å². The van der Waals surface area contributed by atoms with Crippen molar-refractivity contribution in [1.82, 2.24) is 4.90 Å². The Morgan fingerprint density at radius 1 is 1.77 bits per heavy atom. The molecule has 0 N–H and O–H groups in total. The Morgan fingerprint density at radius 3 is 3.00 bits per heavy atom. The minimum Gasteiger partial charge on any atom is -0.306 e. The van der Waals surface area contributed by atoms with Gasteiger partial charge in [0.15, 0.2) is 6.17 Å². The monoisotopic (exact) mass is 207 g/mol. The smallest absolute Gasteiger partial charge is 0.255 e. The third-order valence-electron chi connectivity index (χ3n) is 2.51. The summed E-state index contributed by atoms with van der Waals surface area (Å²) in [4.78, 5) is 12.6. The second-order valence-corrected chi connectivity index (χ2v) is 4.15. The van der Waals surface area contributed by atoms with Gasteiger partial charge in [0.1, 0.15) is 0 Å². The van der Waals surface area contributed by atoms with Gasteiger partial charge in [0.2, 0.25) is 0 Å². The van der Waals surface area contributed by atoms with Crippen LogP contribution in [-0.4, -0.2) is 36.5 Å². The molecule has 76 valence electrons. The fourth-order valence-corrected chi connectivity index (χ4v) is 1.94. The zero-order chi connectivity index (χ0) is 9.84. The molecule has 4 heteroatoms. The van der Waals surface area contributed by atoms with E-state index in [0.717, 1.165) is 25.9 Å². The molecule has 2 nitrogen and oxygen atoms in total. The zero-order valence-electron chi connectivity index (χ0n) is 7.80. The van der Waals surface area contributed by atoms with Crippen LogP contribution in [-0.2, 0) is 4.79 Å². The SMILES string of the molecule is CN1CCCC(CC(F)C(=O)Cl)C1. The van der Waals surface area contributed by atoms with Gasteiger partial charge in [-0.2, -0.15) is 0 Å². The van der Waals surface area contributed by atoms with Crippen molar-refractivity contribution in [3.63, 3.8) is 0 Å². The Hall–Kier alpha value is -0.150. The number of nitrogens with zero attached hydrogens (tertiary/aromatic N) is 1. The molecule has 0 spiro atoms. The van der Waals surface area contributed by atoms with Crippen LogP contribution in [0.25, 0.3) is 0 Å². The van der Waals surface area contributed by atoms with E-state index in [9.17, 15) is 9.18 Å². The lowest BCUT2D eigenvalue weighted by Gasteiger charge is -2.29. The molecule has 0 radical (unpaired) electrons. The van der Waals surface area contributed by atoms with Gasteiger partial charge in [-0.05, 0) is 50.4 Å². The first-order chi connectivity index (χ1) is 6.09. The number of likely N-dealkylation sites (tertiary alicyclic amines) is 1. The van der Waals surface area contributed by atoms with Gasteiger partial charge in [0.25, 0.3) is 5.24 Å². The quantitative estimate of drug-likeness (QED) is 0.658. The Kier molecular flexibility index (Phi) is 4.13. The summed E-state index contributed by atoms with van der Waals surface area (Å²) in [6, 6.07) is 0. The highest BCUT2D eigenvalue weighted by Crippen LogP contribution is 2.21. The lowest BCUT2D eigenvalue weighted by molar-refractivity contribution is -0.116. The fourth-order valence-electron chi connectivity index (χ4n) is 1.85. The highest BCUT2D eigenvalue weighted by molar-refractivity contribution is 6.64. The number of halogens is 2. The molecule has 1 rings (SSSR count). The number of hydrogen-bond donors (Lipinski definition) is 0. The van der Waals surface area contributed by atoms with Crippen molar-refractivity contribution in [2.45, 2.75) is 25.4 Å². The largest absolute Gasteiger partial charge is 0.306 e. The molecule has 0 saturated carbocycles. The predicted octanol–water partition coefficient (Wildman–Crippen LogP) is 1.82. The first-order valence-electron chi connectivity index (χ1n) is 4.61. The van der Waals surface area contributed by atoms with Crippen molar-refractivity contribution in [2.24, 2.45) is 5.92 Å². The van der Waals surface area contributed by atoms with Gasteiger partial charge in [-0.3, -0.25) is 4.79 Å². The van der Waals surface area contributed by atoms with Crippen molar-refractivity contribution < 1.29 is 9.18 Å². The van der Waals surface area contributed by atoms with Crippen LogP contribution in [0.1, 0.15) is 19.3 Å². The number of carbonyl (C=O) groups is 1. The van der Waals surface area contributed by atoms with E-state index in [0.29, 0.717) is 0 Å². The van der Waals surface area contributed by atoms with Gasteiger partial charge in [-0.15, -0.1) is 0 Å². The third kappa shape index (κ3) is 3.61.